The molecule has 5 nitrogen and oxygen atoms in total. The maximum Gasteiger partial charge on any atom is 0.346 e. The van der Waals surface area contributed by atoms with Crippen molar-refractivity contribution < 1.29 is 28.2 Å². The molecule has 0 bridgehead atoms. The SMILES string of the molecule is COC(=O)[C@H](C)Oc1ccc2c(c1)OC(=Cc1c(F)cccc1Cl)C2=O. The molecule has 0 N–H and O–H groups in total. The van der Waals surface area contributed by atoms with Gasteiger partial charge in [-0.3, -0.25) is 4.79 Å². The zero-order valence-corrected chi connectivity index (χ0v) is 14.7. The molecule has 1 atom stereocenters. The Morgan fingerprint density at radius 2 is 2.08 bits per heavy atom. The number of ketones is 1. The predicted octanol–water partition coefficient (Wildman–Crippen LogP) is 4.04. The van der Waals surface area contributed by atoms with Crippen molar-refractivity contribution in [2.45, 2.75) is 13.0 Å². The third-order valence-corrected chi connectivity index (χ3v) is 4.09. The molecule has 0 spiro atoms. The second-order valence-corrected chi connectivity index (χ2v) is 5.92. The fraction of sp³-hybridized carbons (Fsp3) is 0.158. The molecule has 0 saturated carbocycles. The molecule has 2 aromatic carbocycles. The lowest BCUT2D eigenvalue weighted by Crippen LogP contribution is -2.24. The van der Waals surface area contributed by atoms with Crippen molar-refractivity contribution in [3.05, 3.63) is 64.1 Å². The lowest BCUT2D eigenvalue weighted by Gasteiger charge is -2.12. The molecular formula is C19H14ClFO5. The Bertz CT molecular complexity index is 902. The summed E-state index contributed by atoms with van der Waals surface area (Å²) >= 11 is 5.98. The van der Waals surface area contributed by atoms with Gasteiger partial charge in [0.1, 0.15) is 17.3 Å². The van der Waals surface area contributed by atoms with Crippen LogP contribution in [-0.2, 0) is 9.53 Å². The van der Waals surface area contributed by atoms with Crippen LogP contribution in [0.5, 0.6) is 11.5 Å². The molecule has 0 fully saturated rings. The highest BCUT2D eigenvalue weighted by Crippen LogP contribution is 2.36. The zero-order chi connectivity index (χ0) is 18.8. The molecule has 0 saturated heterocycles. The summed E-state index contributed by atoms with van der Waals surface area (Å²) < 4.78 is 29.5. The average Bonchev–Trinajstić information content (AvgIpc) is 2.92. The number of allylic oxidation sites excluding steroid dienone is 1. The topological polar surface area (TPSA) is 61.8 Å². The van der Waals surface area contributed by atoms with Gasteiger partial charge in [-0.05, 0) is 37.3 Å². The zero-order valence-electron chi connectivity index (χ0n) is 13.9. The summed E-state index contributed by atoms with van der Waals surface area (Å²) in [7, 11) is 1.26. The van der Waals surface area contributed by atoms with Crippen LogP contribution in [0.25, 0.3) is 6.08 Å². The molecule has 26 heavy (non-hydrogen) atoms. The Hall–Kier alpha value is -2.86. The third-order valence-electron chi connectivity index (χ3n) is 3.76. The van der Waals surface area contributed by atoms with Gasteiger partial charge in [0.15, 0.2) is 11.9 Å². The maximum atomic E-state index is 13.9. The van der Waals surface area contributed by atoms with Gasteiger partial charge in [-0.15, -0.1) is 0 Å². The number of methoxy groups -OCH3 is 1. The van der Waals surface area contributed by atoms with Gasteiger partial charge >= 0.3 is 5.97 Å². The van der Waals surface area contributed by atoms with E-state index in [0.717, 1.165) is 0 Å². The summed E-state index contributed by atoms with van der Waals surface area (Å²) in [6.07, 6.45) is 0.444. The highest BCUT2D eigenvalue weighted by atomic mass is 35.5. The Kier molecular flexibility index (Phi) is 4.95. The molecule has 1 aliphatic heterocycles. The van der Waals surface area contributed by atoms with Crippen LogP contribution in [0.1, 0.15) is 22.8 Å². The van der Waals surface area contributed by atoms with Crippen LogP contribution in [0.15, 0.2) is 42.2 Å². The molecule has 134 valence electrons. The molecule has 0 aliphatic carbocycles. The minimum absolute atomic E-state index is 0.0508. The van der Waals surface area contributed by atoms with Crippen molar-refractivity contribution in [1.82, 2.24) is 0 Å². The number of carbonyl (C=O) groups is 2. The minimum atomic E-state index is -0.817. The first kappa shape index (κ1) is 17.9. The molecule has 0 unspecified atom stereocenters. The summed E-state index contributed by atoms with van der Waals surface area (Å²) in [6, 6.07) is 8.77. The van der Waals surface area contributed by atoms with E-state index >= 15 is 0 Å². The molecule has 7 heteroatoms. The molecule has 0 radical (unpaired) electrons. The number of carbonyl (C=O) groups excluding carboxylic acids is 2. The fourth-order valence-electron chi connectivity index (χ4n) is 2.44. The van der Waals surface area contributed by atoms with Gasteiger partial charge in [0, 0.05) is 11.6 Å². The van der Waals surface area contributed by atoms with Crippen LogP contribution in [-0.4, -0.2) is 25.0 Å². The van der Waals surface area contributed by atoms with E-state index in [1.165, 1.54) is 50.4 Å². The number of fused-ring (bicyclic) bond motifs is 1. The second-order valence-electron chi connectivity index (χ2n) is 5.52. The van der Waals surface area contributed by atoms with Crippen molar-refractivity contribution in [2.24, 2.45) is 0 Å². The number of hydrogen-bond acceptors (Lipinski definition) is 5. The molecule has 1 heterocycles. The normalized spacial score (nSPS) is 15.4. The van der Waals surface area contributed by atoms with Crippen LogP contribution < -0.4 is 9.47 Å². The summed E-state index contributed by atoms with van der Waals surface area (Å²) in [5, 5.41) is 0.167. The summed E-state index contributed by atoms with van der Waals surface area (Å²) in [6.45, 7) is 1.54. The van der Waals surface area contributed by atoms with E-state index in [1.54, 1.807) is 6.07 Å². The second kappa shape index (κ2) is 7.17. The fourth-order valence-corrected chi connectivity index (χ4v) is 2.66. The van der Waals surface area contributed by atoms with Crippen molar-refractivity contribution in [2.75, 3.05) is 7.11 Å². The molecule has 2 aromatic rings. The largest absolute Gasteiger partial charge is 0.479 e. The van der Waals surface area contributed by atoms with Crippen LogP contribution in [0.2, 0.25) is 5.02 Å². The highest BCUT2D eigenvalue weighted by Gasteiger charge is 2.29. The van der Waals surface area contributed by atoms with Crippen molar-refractivity contribution in [3.8, 4) is 11.5 Å². The number of Topliss-reactive ketones (excluding diaryl/α,β-unsaturated/α-hetero) is 1. The van der Waals surface area contributed by atoms with E-state index in [4.69, 9.17) is 21.1 Å². The monoisotopic (exact) mass is 376 g/mol. The number of ether oxygens (including phenoxy) is 3. The number of rotatable bonds is 4. The lowest BCUT2D eigenvalue weighted by atomic mass is 10.1. The third kappa shape index (κ3) is 3.41. The standard InChI is InChI=1S/C19H14ClFO5/c1-10(19(23)24-2)25-11-6-7-12-16(8-11)26-17(18(12)22)9-13-14(20)4-3-5-15(13)21/h3-10H,1-2H3/t10-/m0/s1. The lowest BCUT2D eigenvalue weighted by molar-refractivity contribution is -0.147. The van der Waals surface area contributed by atoms with Gasteiger partial charge in [-0.2, -0.15) is 0 Å². The quantitative estimate of drug-likeness (QED) is 0.595. The molecule has 1 aliphatic rings. The van der Waals surface area contributed by atoms with Crippen LogP contribution in [0, 0.1) is 5.82 Å². The highest BCUT2D eigenvalue weighted by molar-refractivity contribution is 6.32. The van der Waals surface area contributed by atoms with E-state index in [1.807, 2.05) is 0 Å². The Morgan fingerprint density at radius 1 is 1.31 bits per heavy atom. The average molecular weight is 377 g/mol. The number of esters is 1. The van der Waals surface area contributed by atoms with Gasteiger partial charge < -0.3 is 14.2 Å². The van der Waals surface area contributed by atoms with E-state index in [2.05, 4.69) is 4.74 Å². The van der Waals surface area contributed by atoms with E-state index in [9.17, 15) is 14.0 Å². The van der Waals surface area contributed by atoms with Crippen LogP contribution in [0.4, 0.5) is 4.39 Å². The van der Waals surface area contributed by atoms with Crippen molar-refractivity contribution in [1.29, 1.82) is 0 Å². The van der Waals surface area contributed by atoms with Crippen molar-refractivity contribution >= 4 is 29.4 Å². The molecular weight excluding hydrogens is 363 g/mol. The smallest absolute Gasteiger partial charge is 0.346 e. The first-order valence-electron chi connectivity index (χ1n) is 7.67. The first-order valence-corrected chi connectivity index (χ1v) is 8.05. The van der Waals surface area contributed by atoms with Gasteiger partial charge in [-0.25, -0.2) is 9.18 Å². The van der Waals surface area contributed by atoms with E-state index < -0.39 is 23.7 Å². The first-order chi connectivity index (χ1) is 12.4. The van der Waals surface area contributed by atoms with Crippen LogP contribution in [0.3, 0.4) is 0 Å². The number of hydrogen-bond donors (Lipinski definition) is 0. The minimum Gasteiger partial charge on any atom is -0.479 e. The number of benzene rings is 2. The van der Waals surface area contributed by atoms with Gasteiger partial charge in [0.05, 0.1) is 17.7 Å². The molecule has 3 rings (SSSR count). The summed E-state index contributed by atoms with van der Waals surface area (Å²) in [4.78, 5) is 23.9. The van der Waals surface area contributed by atoms with Crippen LogP contribution >= 0.6 is 11.6 Å². The van der Waals surface area contributed by atoms with Gasteiger partial charge in [-0.1, -0.05) is 17.7 Å². The van der Waals surface area contributed by atoms with E-state index in [0.29, 0.717) is 11.3 Å². The number of halogens is 2. The predicted molar refractivity (Wildman–Crippen MR) is 92.9 cm³/mol. The van der Waals surface area contributed by atoms with Gasteiger partial charge in [0.25, 0.3) is 0 Å². The Morgan fingerprint density at radius 3 is 2.77 bits per heavy atom. The van der Waals surface area contributed by atoms with E-state index in [-0.39, 0.29) is 22.1 Å². The summed E-state index contributed by atoms with van der Waals surface area (Å²) in [5.74, 6) is -0.953. The molecule has 0 aromatic heterocycles. The Labute approximate surface area is 153 Å². The Balaban J connectivity index is 1.87. The maximum absolute atomic E-state index is 13.9. The van der Waals surface area contributed by atoms with Gasteiger partial charge in [0.2, 0.25) is 5.78 Å². The molecule has 0 amide bonds. The summed E-state index contributed by atoms with van der Waals surface area (Å²) in [5.41, 5.74) is 0.378. The van der Waals surface area contributed by atoms with Crippen molar-refractivity contribution in [3.63, 3.8) is 0 Å².